The van der Waals surface area contributed by atoms with Crippen LogP contribution in [-0.2, 0) is 0 Å². The van der Waals surface area contributed by atoms with Crippen molar-refractivity contribution in [2.75, 3.05) is 0 Å². The summed E-state index contributed by atoms with van der Waals surface area (Å²) in [5.41, 5.74) is 7.82. The molecule has 0 bridgehead atoms. The fourth-order valence-corrected chi connectivity index (χ4v) is 2.76. The number of halogens is 1. The van der Waals surface area contributed by atoms with E-state index >= 15 is 0 Å². The van der Waals surface area contributed by atoms with Gasteiger partial charge < -0.3 is 10.2 Å². The molecule has 0 saturated heterocycles. The van der Waals surface area contributed by atoms with Crippen molar-refractivity contribution in [1.82, 2.24) is 4.98 Å². The van der Waals surface area contributed by atoms with Crippen molar-refractivity contribution in [3.05, 3.63) is 40.2 Å². The Kier molecular flexibility index (Phi) is 3.91. The minimum atomic E-state index is 0.0364. The van der Waals surface area contributed by atoms with Crippen molar-refractivity contribution >= 4 is 27.7 Å². The number of oxazole rings is 1. The SMILES string of the molecule is Cc1coc(Sc2ccc([C@H](C)N)cc2Br)n1. The number of nitrogens with zero attached hydrogens (tertiary/aromatic N) is 1. The largest absolute Gasteiger partial charge is 0.439 e. The van der Waals surface area contributed by atoms with Crippen LogP contribution in [0, 0.1) is 6.92 Å². The summed E-state index contributed by atoms with van der Waals surface area (Å²) in [5, 5.41) is 0.650. The van der Waals surface area contributed by atoms with Crippen LogP contribution in [0.1, 0.15) is 24.2 Å². The highest BCUT2D eigenvalue weighted by Gasteiger charge is 2.09. The molecule has 0 spiro atoms. The molecule has 2 N–H and O–H groups in total. The number of hydrogen-bond acceptors (Lipinski definition) is 4. The lowest BCUT2D eigenvalue weighted by molar-refractivity contribution is 0.454. The topological polar surface area (TPSA) is 52.0 Å². The summed E-state index contributed by atoms with van der Waals surface area (Å²) in [6, 6.07) is 6.11. The summed E-state index contributed by atoms with van der Waals surface area (Å²) in [4.78, 5) is 5.32. The lowest BCUT2D eigenvalue weighted by Crippen LogP contribution is -2.04. The molecule has 0 aliphatic heterocycles. The third-order valence-corrected chi connectivity index (χ3v) is 4.13. The van der Waals surface area contributed by atoms with E-state index in [1.807, 2.05) is 32.0 Å². The summed E-state index contributed by atoms with van der Waals surface area (Å²) < 4.78 is 6.31. The fourth-order valence-electron chi connectivity index (χ4n) is 1.36. The molecule has 5 heteroatoms. The van der Waals surface area contributed by atoms with E-state index in [2.05, 4.69) is 20.9 Å². The molecule has 90 valence electrons. The molecule has 0 aliphatic rings. The van der Waals surface area contributed by atoms with Crippen LogP contribution in [0.5, 0.6) is 0 Å². The first-order valence-electron chi connectivity index (χ1n) is 5.21. The highest BCUT2D eigenvalue weighted by atomic mass is 79.9. The van der Waals surface area contributed by atoms with Crippen LogP contribution < -0.4 is 5.73 Å². The van der Waals surface area contributed by atoms with Crippen LogP contribution in [0.15, 0.2) is 43.5 Å². The molecule has 17 heavy (non-hydrogen) atoms. The number of rotatable bonds is 3. The summed E-state index contributed by atoms with van der Waals surface area (Å²) in [6.07, 6.45) is 1.65. The molecule has 0 fully saturated rings. The zero-order valence-corrected chi connectivity index (χ0v) is 12.0. The van der Waals surface area contributed by atoms with Gasteiger partial charge in [-0.05, 0) is 59.2 Å². The van der Waals surface area contributed by atoms with Crippen LogP contribution in [0.4, 0.5) is 0 Å². The van der Waals surface area contributed by atoms with Crippen molar-refractivity contribution in [1.29, 1.82) is 0 Å². The predicted molar refractivity (Wildman–Crippen MR) is 72.1 cm³/mol. The Labute approximate surface area is 113 Å². The van der Waals surface area contributed by atoms with Crippen LogP contribution in [0.2, 0.25) is 0 Å². The van der Waals surface area contributed by atoms with Gasteiger partial charge in [-0.15, -0.1) is 0 Å². The van der Waals surface area contributed by atoms with Gasteiger partial charge in [0, 0.05) is 15.4 Å². The molecule has 2 aromatic rings. The van der Waals surface area contributed by atoms with E-state index in [1.165, 1.54) is 11.8 Å². The molecule has 3 nitrogen and oxygen atoms in total. The minimum Gasteiger partial charge on any atom is -0.439 e. The quantitative estimate of drug-likeness (QED) is 0.933. The van der Waals surface area contributed by atoms with E-state index < -0.39 is 0 Å². The minimum absolute atomic E-state index is 0.0364. The molecule has 1 aromatic carbocycles. The molecule has 1 atom stereocenters. The summed E-state index contributed by atoms with van der Waals surface area (Å²) in [5.74, 6) is 0. The molecule has 2 rings (SSSR count). The Balaban J connectivity index is 2.22. The second kappa shape index (κ2) is 5.25. The average molecular weight is 313 g/mol. The monoisotopic (exact) mass is 312 g/mol. The van der Waals surface area contributed by atoms with E-state index in [0.717, 1.165) is 20.6 Å². The predicted octanol–water partition coefficient (Wildman–Crippen LogP) is 3.92. The molecule has 0 saturated carbocycles. The second-order valence-corrected chi connectivity index (χ2v) is 5.68. The van der Waals surface area contributed by atoms with E-state index in [9.17, 15) is 0 Å². The first-order chi connectivity index (χ1) is 8.06. The Morgan fingerprint density at radius 2 is 2.24 bits per heavy atom. The van der Waals surface area contributed by atoms with Gasteiger partial charge in [-0.1, -0.05) is 6.07 Å². The van der Waals surface area contributed by atoms with Crippen LogP contribution in [0.25, 0.3) is 0 Å². The molecular formula is C12H13BrN2OS. The number of hydrogen-bond donors (Lipinski definition) is 1. The van der Waals surface area contributed by atoms with Crippen molar-refractivity contribution in [3.63, 3.8) is 0 Å². The number of aromatic nitrogens is 1. The van der Waals surface area contributed by atoms with Crippen molar-refractivity contribution < 1.29 is 4.42 Å². The highest BCUT2D eigenvalue weighted by molar-refractivity contribution is 9.10. The van der Waals surface area contributed by atoms with Crippen LogP contribution in [0.3, 0.4) is 0 Å². The maximum Gasteiger partial charge on any atom is 0.260 e. The van der Waals surface area contributed by atoms with Gasteiger partial charge in [0.2, 0.25) is 0 Å². The number of nitrogens with two attached hydrogens (primary N) is 1. The standard InChI is InChI=1S/C12H13BrN2OS/c1-7-6-16-12(15-7)17-11-4-3-9(8(2)14)5-10(11)13/h3-6,8H,14H2,1-2H3/t8-/m0/s1. The smallest absolute Gasteiger partial charge is 0.260 e. The zero-order valence-electron chi connectivity index (χ0n) is 9.61. The van der Waals surface area contributed by atoms with E-state index in [4.69, 9.17) is 10.2 Å². The Bertz CT molecular complexity index is 525. The van der Waals surface area contributed by atoms with Gasteiger partial charge >= 0.3 is 0 Å². The Hall–Kier alpha value is -0.780. The van der Waals surface area contributed by atoms with Gasteiger partial charge in [0.1, 0.15) is 6.26 Å². The summed E-state index contributed by atoms with van der Waals surface area (Å²) in [6.45, 7) is 3.87. The van der Waals surface area contributed by atoms with Crippen molar-refractivity contribution in [2.24, 2.45) is 5.73 Å². The van der Waals surface area contributed by atoms with Gasteiger partial charge in [-0.2, -0.15) is 0 Å². The Morgan fingerprint density at radius 3 is 2.76 bits per heavy atom. The third kappa shape index (κ3) is 3.12. The maximum atomic E-state index is 5.83. The van der Waals surface area contributed by atoms with Gasteiger partial charge in [-0.3, -0.25) is 0 Å². The third-order valence-electron chi connectivity index (χ3n) is 2.28. The highest BCUT2D eigenvalue weighted by Crippen LogP contribution is 2.34. The van der Waals surface area contributed by atoms with Gasteiger partial charge in [0.15, 0.2) is 0 Å². The summed E-state index contributed by atoms with van der Waals surface area (Å²) >= 11 is 5.02. The molecular weight excluding hydrogens is 300 g/mol. The summed E-state index contributed by atoms with van der Waals surface area (Å²) in [7, 11) is 0. The molecule has 0 unspecified atom stereocenters. The Morgan fingerprint density at radius 1 is 1.47 bits per heavy atom. The first kappa shape index (κ1) is 12.7. The first-order valence-corrected chi connectivity index (χ1v) is 6.82. The second-order valence-electron chi connectivity index (χ2n) is 3.84. The number of benzene rings is 1. The van der Waals surface area contributed by atoms with Gasteiger partial charge in [0.25, 0.3) is 5.22 Å². The fraction of sp³-hybridized carbons (Fsp3) is 0.250. The molecule has 1 aromatic heterocycles. The van der Waals surface area contributed by atoms with E-state index in [1.54, 1.807) is 6.26 Å². The number of aryl methyl sites for hydroxylation is 1. The lowest BCUT2D eigenvalue weighted by Gasteiger charge is -2.08. The van der Waals surface area contributed by atoms with Crippen LogP contribution in [-0.4, -0.2) is 4.98 Å². The van der Waals surface area contributed by atoms with Crippen LogP contribution >= 0.6 is 27.7 Å². The van der Waals surface area contributed by atoms with Crippen molar-refractivity contribution in [2.45, 2.75) is 30.0 Å². The molecule has 0 aliphatic carbocycles. The molecule has 0 radical (unpaired) electrons. The maximum absolute atomic E-state index is 5.83. The molecule has 1 heterocycles. The zero-order chi connectivity index (χ0) is 12.4. The average Bonchev–Trinajstić information content (AvgIpc) is 2.67. The van der Waals surface area contributed by atoms with E-state index in [0.29, 0.717) is 5.22 Å². The van der Waals surface area contributed by atoms with E-state index in [-0.39, 0.29) is 6.04 Å². The molecule has 0 amide bonds. The normalized spacial score (nSPS) is 12.7. The van der Waals surface area contributed by atoms with Crippen molar-refractivity contribution in [3.8, 4) is 0 Å². The van der Waals surface area contributed by atoms with Gasteiger partial charge in [-0.25, -0.2) is 4.98 Å². The van der Waals surface area contributed by atoms with Gasteiger partial charge in [0.05, 0.1) is 5.69 Å². The lowest BCUT2D eigenvalue weighted by atomic mass is 10.1.